The van der Waals surface area contributed by atoms with Crippen LogP contribution in [0.1, 0.15) is 32.6 Å². The minimum absolute atomic E-state index is 0.830. The van der Waals surface area contributed by atoms with Crippen LogP contribution in [0.25, 0.3) is 0 Å². The molecule has 0 aromatic heterocycles. The van der Waals surface area contributed by atoms with E-state index < -0.39 is 0 Å². The van der Waals surface area contributed by atoms with E-state index in [2.05, 4.69) is 39.2 Å². The zero-order valence-corrected chi connectivity index (χ0v) is 12.6. The molecule has 3 nitrogen and oxygen atoms in total. The molecule has 0 saturated heterocycles. The van der Waals surface area contributed by atoms with Gasteiger partial charge in [-0.15, -0.1) is 0 Å². The van der Waals surface area contributed by atoms with Crippen LogP contribution in [0.5, 0.6) is 0 Å². The van der Waals surface area contributed by atoms with Crippen LogP contribution in [-0.2, 0) is 0 Å². The van der Waals surface area contributed by atoms with Gasteiger partial charge in [-0.25, -0.2) is 4.99 Å². The largest absolute Gasteiger partial charge is 0.328 e. The van der Waals surface area contributed by atoms with Gasteiger partial charge < -0.3 is 4.90 Å². The van der Waals surface area contributed by atoms with Crippen molar-refractivity contribution in [3.8, 4) is 0 Å². The molecule has 1 aromatic carbocycles. The molecule has 0 N–H and O–H groups in total. The molecule has 2 rings (SSSR count). The van der Waals surface area contributed by atoms with Gasteiger partial charge in [0.15, 0.2) is 0 Å². The lowest BCUT2D eigenvalue weighted by Crippen LogP contribution is -2.26. The lowest BCUT2D eigenvalue weighted by molar-refractivity contribution is 0.703. The van der Waals surface area contributed by atoms with Gasteiger partial charge in [-0.05, 0) is 54.9 Å². The fraction of sp³-hybridized carbons (Fsp3) is 0.375. The Morgan fingerprint density at radius 3 is 2.80 bits per heavy atom. The number of rotatable bonds is 6. The van der Waals surface area contributed by atoms with Crippen molar-refractivity contribution in [1.82, 2.24) is 0 Å². The van der Waals surface area contributed by atoms with Gasteiger partial charge in [0, 0.05) is 18.4 Å². The number of aliphatic imine (C=N–C) groups is 2. The lowest BCUT2D eigenvalue weighted by Gasteiger charge is -2.23. The molecule has 20 heavy (non-hydrogen) atoms. The van der Waals surface area contributed by atoms with E-state index in [-0.39, 0.29) is 0 Å². The molecule has 0 bridgehead atoms. The van der Waals surface area contributed by atoms with Crippen LogP contribution in [0.2, 0.25) is 0 Å². The Labute approximate surface area is 125 Å². The molecule has 1 aromatic rings. The third-order valence-electron chi connectivity index (χ3n) is 3.29. The number of unbranched alkanes of at least 4 members (excludes halogenated alkanes) is 2. The highest BCUT2D eigenvalue weighted by atomic mass is 32.1. The molecular weight excluding hydrogens is 266 g/mol. The fourth-order valence-corrected chi connectivity index (χ4v) is 2.30. The third kappa shape index (κ3) is 4.12. The predicted molar refractivity (Wildman–Crippen MR) is 89.2 cm³/mol. The normalized spacial score (nSPS) is 13.8. The molecule has 0 fully saturated rings. The van der Waals surface area contributed by atoms with Crippen molar-refractivity contribution in [2.24, 2.45) is 9.98 Å². The maximum atomic E-state index is 4.60. The molecule has 0 amide bonds. The Kier molecular flexibility index (Phi) is 5.66. The van der Waals surface area contributed by atoms with Crippen molar-refractivity contribution in [1.29, 1.82) is 0 Å². The third-order valence-corrected chi connectivity index (χ3v) is 3.39. The molecule has 4 heteroatoms. The molecule has 104 valence electrons. The maximum absolute atomic E-state index is 4.60. The van der Waals surface area contributed by atoms with E-state index in [0.29, 0.717) is 0 Å². The molecule has 1 aliphatic rings. The second-order valence-corrected chi connectivity index (χ2v) is 5.04. The molecule has 0 atom stereocenters. The van der Waals surface area contributed by atoms with Crippen molar-refractivity contribution in [3.05, 3.63) is 36.0 Å². The summed E-state index contributed by atoms with van der Waals surface area (Å²) in [5.74, 6) is 0. The highest BCUT2D eigenvalue weighted by Gasteiger charge is 2.10. The summed E-state index contributed by atoms with van der Waals surface area (Å²) in [5, 5.41) is 2.38. The molecule has 1 heterocycles. The van der Waals surface area contributed by atoms with Crippen molar-refractivity contribution in [3.63, 3.8) is 0 Å². The first-order chi connectivity index (χ1) is 9.83. The van der Waals surface area contributed by atoms with Gasteiger partial charge in [-0.3, -0.25) is 0 Å². The summed E-state index contributed by atoms with van der Waals surface area (Å²) >= 11 is 4.60. The SMILES string of the molecule is CCCCCC1=CN=CN(c2ccc(N=C=S)cc2)C1. The van der Waals surface area contributed by atoms with E-state index in [1.54, 1.807) is 0 Å². The second kappa shape index (κ2) is 7.73. The Bertz CT molecular complexity index is 539. The van der Waals surface area contributed by atoms with Crippen LogP contribution in [0.3, 0.4) is 0 Å². The Hall–Kier alpha value is -1.77. The van der Waals surface area contributed by atoms with E-state index >= 15 is 0 Å². The average molecular weight is 285 g/mol. The maximum Gasteiger partial charge on any atom is 0.0952 e. The molecule has 1 aliphatic heterocycles. The van der Waals surface area contributed by atoms with Crippen LogP contribution in [0.15, 0.2) is 46.0 Å². The standard InChI is InChI=1S/C16H19N3S/c1-2-3-4-5-14-10-17-12-19(11-14)16-8-6-15(7-9-16)18-13-20/h6-10,12H,2-5,11H2,1H3. The monoisotopic (exact) mass is 285 g/mol. The Morgan fingerprint density at radius 1 is 1.30 bits per heavy atom. The average Bonchev–Trinajstić information content (AvgIpc) is 2.49. The van der Waals surface area contributed by atoms with E-state index in [4.69, 9.17) is 0 Å². The minimum Gasteiger partial charge on any atom is -0.328 e. The highest BCUT2D eigenvalue weighted by Crippen LogP contribution is 2.22. The van der Waals surface area contributed by atoms with Gasteiger partial charge in [0.2, 0.25) is 0 Å². The summed E-state index contributed by atoms with van der Waals surface area (Å²) in [7, 11) is 0. The predicted octanol–water partition coefficient (Wildman–Crippen LogP) is 4.73. The Morgan fingerprint density at radius 2 is 2.10 bits per heavy atom. The highest BCUT2D eigenvalue weighted by molar-refractivity contribution is 7.78. The molecule has 0 radical (unpaired) electrons. The summed E-state index contributed by atoms with van der Waals surface area (Å²) in [6, 6.07) is 7.95. The summed E-state index contributed by atoms with van der Waals surface area (Å²) in [4.78, 5) is 10.5. The van der Waals surface area contributed by atoms with Gasteiger partial charge in [0.05, 0.1) is 17.2 Å². The molecular formula is C16H19N3S. The fourth-order valence-electron chi connectivity index (χ4n) is 2.19. The summed E-state index contributed by atoms with van der Waals surface area (Å²) in [5.41, 5.74) is 3.34. The topological polar surface area (TPSA) is 28.0 Å². The first kappa shape index (κ1) is 14.6. The molecule has 0 saturated carbocycles. The summed E-state index contributed by atoms with van der Waals surface area (Å²) in [6.07, 6.45) is 8.79. The van der Waals surface area contributed by atoms with Crippen molar-refractivity contribution >= 4 is 35.1 Å². The van der Waals surface area contributed by atoms with E-state index in [0.717, 1.165) is 24.3 Å². The Balaban J connectivity index is 1.98. The van der Waals surface area contributed by atoms with Gasteiger partial charge in [-0.1, -0.05) is 19.8 Å². The number of hydrogen-bond donors (Lipinski definition) is 0. The molecule has 0 spiro atoms. The second-order valence-electron chi connectivity index (χ2n) is 4.86. The number of hydrogen-bond acceptors (Lipinski definition) is 4. The lowest BCUT2D eigenvalue weighted by atomic mass is 10.1. The minimum atomic E-state index is 0.830. The zero-order valence-electron chi connectivity index (χ0n) is 11.7. The van der Waals surface area contributed by atoms with Gasteiger partial charge >= 0.3 is 0 Å². The number of nitrogens with zero attached hydrogens (tertiary/aromatic N) is 3. The van der Waals surface area contributed by atoms with Gasteiger partial charge in [0.1, 0.15) is 0 Å². The van der Waals surface area contributed by atoms with Crippen LogP contribution in [0, 0.1) is 0 Å². The molecule has 0 aliphatic carbocycles. The van der Waals surface area contributed by atoms with E-state index in [1.807, 2.05) is 36.8 Å². The van der Waals surface area contributed by atoms with E-state index in [1.165, 1.54) is 24.8 Å². The first-order valence-corrected chi connectivity index (χ1v) is 7.40. The number of benzene rings is 1. The van der Waals surface area contributed by atoms with Gasteiger partial charge in [0.25, 0.3) is 0 Å². The quantitative estimate of drug-likeness (QED) is 0.429. The smallest absolute Gasteiger partial charge is 0.0952 e. The zero-order chi connectivity index (χ0) is 14.2. The number of isothiocyanates is 1. The number of thiocarbonyl (C=S) groups is 1. The van der Waals surface area contributed by atoms with Crippen molar-refractivity contribution in [2.75, 3.05) is 11.4 Å². The van der Waals surface area contributed by atoms with E-state index in [9.17, 15) is 0 Å². The van der Waals surface area contributed by atoms with Crippen LogP contribution in [-0.4, -0.2) is 18.0 Å². The van der Waals surface area contributed by atoms with Crippen LogP contribution < -0.4 is 4.90 Å². The number of anilines is 1. The van der Waals surface area contributed by atoms with Gasteiger partial charge in [-0.2, -0.15) is 4.99 Å². The van der Waals surface area contributed by atoms with Crippen molar-refractivity contribution < 1.29 is 0 Å². The molecule has 0 unspecified atom stereocenters. The van der Waals surface area contributed by atoms with Crippen molar-refractivity contribution in [2.45, 2.75) is 32.6 Å². The first-order valence-electron chi connectivity index (χ1n) is 6.99. The summed E-state index contributed by atoms with van der Waals surface area (Å²) < 4.78 is 0. The summed E-state index contributed by atoms with van der Waals surface area (Å²) in [6.45, 7) is 3.15. The van der Waals surface area contributed by atoms with Crippen LogP contribution >= 0.6 is 12.2 Å². The van der Waals surface area contributed by atoms with Crippen LogP contribution in [0.4, 0.5) is 11.4 Å².